The molecule has 1 rings (SSSR count). The van der Waals surface area contributed by atoms with Crippen molar-refractivity contribution in [1.29, 1.82) is 0 Å². The lowest BCUT2D eigenvalue weighted by molar-refractivity contribution is -0.121. The summed E-state index contributed by atoms with van der Waals surface area (Å²) in [5.74, 6) is 0.609. The van der Waals surface area contributed by atoms with Gasteiger partial charge in [0.1, 0.15) is 0 Å². The van der Waals surface area contributed by atoms with E-state index in [9.17, 15) is 4.79 Å². The molecule has 0 heterocycles. The normalized spacial score (nSPS) is 25.8. The number of hydrogen-bond acceptors (Lipinski definition) is 3. The van der Waals surface area contributed by atoms with E-state index in [4.69, 9.17) is 5.73 Å². The van der Waals surface area contributed by atoms with E-state index in [1.165, 1.54) is 12.8 Å². The molecule has 4 heteroatoms. The zero-order chi connectivity index (χ0) is 12.2. The van der Waals surface area contributed by atoms with Crippen LogP contribution in [0.15, 0.2) is 0 Å². The summed E-state index contributed by atoms with van der Waals surface area (Å²) in [6.45, 7) is 7.09. The fourth-order valence-electron chi connectivity index (χ4n) is 2.27. The van der Waals surface area contributed by atoms with Gasteiger partial charge >= 0.3 is 0 Å². The average molecular weight is 227 g/mol. The minimum atomic E-state index is -0.151. The molecule has 2 atom stereocenters. The predicted molar refractivity (Wildman–Crippen MR) is 66.1 cm³/mol. The third-order valence-corrected chi connectivity index (χ3v) is 3.00. The predicted octanol–water partition coefficient (Wildman–Crippen LogP) is 0.618. The van der Waals surface area contributed by atoms with Crippen LogP contribution in [-0.4, -0.2) is 30.6 Å². The number of carbonyl (C=O) groups excluding carboxylic acids is 1. The Balaban J connectivity index is 2.26. The molecule has 4 N–H and O–H groups in total. The van der Waals surface area contributed by atoms with Crippen molar-refractivity contribution in [3.05, 3.63) is 0 Å². The minimum absolute atomic E-state index is 0.0650. The average Bonchev–Trinajstić information content (AvgIpc) is 2.59. The molecule has 0 aromatic carbocycles. The molecule has 1 saturated carbocycles. The van der Waals surface area contributed by atoms with Gasteiger partial charge in [-0.25, -0.2) is 0 Å². The van der Waals surface area contributed by atoms with Gasteiger partial charge in [0.25, 0.3) is 0 Å². The molecule has 0 radical (unpaired) electrons. The molecular formula is C12H25N3O. The molecule has 0 spiro atoms. The Hall–Kier alpha value is -0.610. The molecule has 94 valence electrons. The first-order chi connectivity index (χ1) is 7.42. The number of amides is 1. The highest BCUT2D eigenvalue weighted by Gasteiger charge is 2.26. The fourth-order valence-corrected chi connectivity index (χ4v) is 2.27. The first kappa shape index (κ1) is 13.5. The quantitative estimate of drug-likeness (QED) is 0.659. The smallest absolute Gasteiger partial charge is 0.234 e. The molecule has 0 aromatic heterocycles. The molecule has 4 nitrogen and oxygen atoms in total. The van der Waals surface area contributed by atoms with Gasteiger partial charge in [-0.15, -0.1) is 0 Å². The Morgan fingerprint density at radius 2 is 2.06 bits per heavy atom. The summed E-state index contributed by atoms with van der Waals surface area (Å²) in [7, 11) is 0. The molecule has 1 fully saturated rings. The zero-order valence-electron chi connectivity index (χ0n) is 10.7. The first-order valence-corrected chi connectivity index (χ1v) is 6.17. The van der Waals surface area contributed by atoms with Crippen LogP contribution >= 0.6 is 0 Å². The lowest BCUT2D eigenvalue weighted by atomic mass is 10.0. The van der Waals surface area contributed by atoms with E-state index in [-0.39, 0.29) is 11.4 Å². The van der Waals surface area contributed by atoms with Gasteiger partial charge in [-0.3, -0.25) is 4.79 Å². The van der Waals surface area contributed by atoms with Crippen molar-refractivity contribution >= 4 is 5.91 Å². The number of hydrogen-bond donors (Lipinski definition) is 3. The van der Waals surface area contributed by atoms with Crippen molar-refractivity contribution in [1.82, 2.24) is 10.6 Å². The third-order valence-electron chi connectivity index (χ3n) is 3.00. The summed E-state index contributed by atoms with van der Waals surface area (Å²) >= 11 is 0. The van der Waals surface area contributed by atoms with E-state index in [0.717, 1.165) is 13.0 Å². The maximum Gasteiger partial charge on any atom is 0.234 e. The molecule has 0 aromatic rings. The van der Waals surface area contributed by atoms with Crippen LogP contribution in [0.25, 0.3) is 0 Å². The summed E-state index contributed by atoms with van der Waals surface area (Å²) in [5.41, 5.74) is 5.54. The number of rotatable bonds is 4. The Kier molecular flexibility index (Phi) is 4.74. The highest BCUT2D eigenvalue weighted by molar-refractivity contribution is 5.78. The molecule has 1 amide bonds. The second-order valence-electron chi connectivity index (χ2n) is 5.71. The van der Waals surface area contributed by atoms with Crippen molar-refractivity contribution in [3.63, 3.8) is 0 Å². The SMILES string of the molecule is CC(C)(C)NC(=O)CNC1CCCC1CN. The van der Waals surface area contributed by atoms with Crippen LogP contribution in [0.2, 0.25) is 0 Å². The van der Waals surface area contributed by atoms with Crippen molar-refractivity contribution < 1.29 is 4.79 Å². The zero-order valence-corrected chi connectivity index (χ0v) is 10.7. The van der Waals surface area contributed by atoms with E-state index >= 15 is 0 Å². The molecule has 1 aliphatic rings. The van der Waals surface area contributed by atoms with E-state index in [1.54, 1.807) is 0 Å². The van der Waals surface area contributed by atoms with Crippen molar-refractivity contribution in [2.24, 2.45) is 11.7 Å². The lowest BCUT2D eigenvalue weighted by Gasteiger charge is -2.23. The van der Waals surface area contributed by atoms with Crippen LogP contribution in [0.5, 0.6) is 0 Å². The Bertz CT molecular complexity index is 235. The fraction of sp³-hybridized carbons (Fsp3) is 0.917. The number of carbonyl (C=O) groups is 1. The molecule has 16 heavy (non-hydrogen) atoms. The van der Waals surface area contributed by atoms with Crippen LogP contribution in [0.3, 0.4) is 0 Å². The second kappa shape index (κ2) is 5.64. The van der Waals surface area contributed by atoms with Crippen molar-refractivity contribution in [2.75, 3.05) is 13.1 Å². The lowest BCUT2D eigenvalue weighted by Crippen LogP contribution is -2.47. The van der Waals surface area contributed by atoms with E-state index in [1.807, 2.05) is 20.8 Å². The van der Waals surface area contributed by atoms with Crippen LogP contribution in [-0.2, 0) is 4.79 Å². The number of nitrogens with two attached hydrogens (primary N) is 1. The summed E-state index contributed by atoms with van der Waals surface area (Å²) in [6, 6.07) is 0.427. The van der Waals surface area contributed by atoms with Crippen molar-refractivity contribution in [3.8, 4) is 0 Å². The minimum Gasteiger partial charge on any atom is -0.350 e. The van der Waals surface area contributed by atoms with E-state index < -0.39 is 0 Å². The van der Waals surface area contributed by atoms with Gasteiger partial charge in [0.15, 0.2) is 0 Å². The van der Waals surface area contributed by atoms with Gasteiger partial charge in [-0.1, -0.05) is 6.42 Å². The van der Waals surface area contributed by atoms with E-state index in [0.29, 0.717) is 18.5 Å². The van der Waals surface area contributed by atoms with Crippen molar-refractivity contribution in [2.45, 2.75) is 51.6 Å². The molecule has 2 unspecified atom stereocenters. The Morgan fingerprint density at radius 1 is 1.38 bits per heavy atom. The first-order valence-electron chi connectivity index (χ1n) is 6.17. The molecule has 0 bridgehead atoms. The van der Waals surface area contributed by atoms with Crippen LogP contribution in [0.1, 0.15) is 40.0 Å². The summed E-state index contributed by atoms with van der Waals surface area (Å²) in [6.07, 6.45) is 3.56. The molecular weight excluding hydrogens is 202 g/mol. The van der Waals surface area contributed by atoms with Gasteiger partial charge in [0, 0.05) is 11.6 Å². The van der Waals surface area contributed by atoms with Gasteiger partial charge in [0.05, 0.1) is 6.54 Å². The second-order valence-corrected chi connectivity index (χ2v) is 5.71. The van der Waals surface area contributed by atoms with Gasteiger partial charge in [-0.2, -0.15) is 0 Å². The van der Waals surface area contributed by atoms with Crippen LogP contribution in [0.4, 0.5) is 0 Å². The van der Waals surface area contributed by atoms with Crippen LogP contribution < -0.4 is 16.4 Å². The van der Waals surface area contributed by atoms with Crippen LogP contribution in [0, 0.1) is 5.92 Å². The summed E-state index contributed by atoms with van der Waals surface area (Å²) in [5, 5.41) is 6.26. The maximum atomic E-state index is 11.6. The monoisotopic (exact) mass is 227 g/mol. The van der Waals surface area contributed by atoms with Gasteiger partial charge < -0.3 is 16.4 Å². The highest BCUT2D eigenvalue weighted by Crippen LogP contribution is 2.24. The molecule has 1 aliphatic carbocycles. The Labute approximate surface area is 98.3 Å². The highest BCUT2D eigenvalue weighted by atomic mass is 16.2. The topological polar surface area (TPSA) is 67.2 Å². The van der Waals surface area contributed by atoms with E-state index in [2.05, 4.69) is 10.6 Å². The van der Waals surface area contributed by atoms with Gasteiger partial charge in [0.2, 0.25) is 5.91 Å². The summed E-state index contributed by atoms with van der Waals surface area (Å²) < 4.78 is 0. The number of nitrogens with one attached hydrogen (secondary N) is 2. The molecule has 0 saturated heterocycles. The van der Waals surface area contributed by atoms with Gasteiger partial charge in [-0.05, 0) is 46.1 Å². The summed E-state index contributed by atoms with van der Waals surface area (Å²) in [4.78, 5) is 11.6. The third kappa shape index (κ3) is 4.49. The maximum absolute atomic E-state index is 11.6. The largest absolute Gasteiger partial charge is 0.350 e. The molecule has 0 aliphatic heterocycles. The standard InChI is InChI=1S/C12H25N3O/c1-12(2,3)15-11(16)8-14-10-6-4-5-9(10)7-13/h9-10,14H,4-8,13H2,1-3H3,(H,15,16). The Morgan fingerprint density at radius 3 is 2.62 bits per heavy atom.